The van der Waals surface area contributed by atoms with Crippen LogP contribution in [0.1, 0.15) is 31.9 Å². The Morgan fingerprint density at radius 3 is 2.67 bits per heavy atom. The summed E-state index contributed by atoms with van der Waals surface area (Å²) in [5.74, 6) is 0. The Labute approximate surface area is 133 Å². The summed E-state index contributed by atoms with van der Waals surface area (Å²) < 4.78 is 0. The molecule has 0 aromatic heterocycles. The number of hydrogen-bond acceptors (Lipinski definition) is 4. The van der Waals surface area contributed by atoms with Crippen LogP contribution < -0.4 is 5.32 Å². The zero-order chi connectivity index (χ0) is 15.2. The van der Waals surface area contributed by atoms with Gasteiger partial charge in [0.25, 0.3) is 0 Å². The van der Waals surface area contributed by atoms with Crippen LogP contribution in [0, 0.1) is 0 Å². The molecule has 118 valence electrons. The molecule has 0 aliphatic carbocycles. The molecule has 0 radical (unpaired) electrons. The van der Waals surface area contributed by atoms with Crippen molar-refractivity contribution in [3.8, 4) is 0 Å². The summed E-state index contributed by atoms with van der Waals surface area (Å²) in [6.07, 6.45) is 3.26. The van der Waals surface area contributed by atoms with E-state index >= 15 is 0 Å². The van der Waals surface area contributed by atoms with E-state index in [0.29, 0.717) is 18.1 Å². The maximum absolute atomic E-state index is 9.39. The van der Waals surface area contributed by atoms with Crippen molar-refractivity contribution in [2.45, 2.75) is 43.6 Å². The molecule has 1 aliphatic rings. The predicted octanol–water partition coefficient (Wildman–Crippen LogP) is 2.52. The van der Waals surface area contributed by atoms with E-state index < -0.39 is 0 Å². The molecule has 1 aliphatic heterocycles. The van der Waals surface area contributed by atoms with Crippen LogP contribution in [-0.2, 0) is 0 Å². The van der Waals surface area contributed by atoms with Gasteiger partial charge in [0.2, 0.25) is 0 Å². The summed E-state index contributed by atoms with van der Waals surface area (Å²) in [5, 5.41) is 13.4. The number of aliphatic hydroxyl groups is 1. The van der Waals surface area contributed by atoms with Gasteiger partial charge in [-0.2, -0.15) is 11.8 Å². The van der Waals surface area contributed by atoms with Crippen molar-refractivity contribution in [1.82, 2.24) is 10.2 Å². The van der Waals surface area contributed by atoms with Crippen molar-refractivity contribution >= 4 is 11.8 Å². The van der Waals surface area contributed by atoms with Gasteiger partial charge in [-0.05, 0) is 32.1 Å². The van der Waals surface area contributed by atoms with E-state index in [1.54, 1.807) is 11.8 Å². The molecular formula is C17H28N2OS. The molecular weight excluding hydrogens is 280 g/mol. The fraction of sp³-hybridized carbons (Fsp3) is 0.647. The number of aliphatic hydroxyl groups excluding tert-OH is 1. The molecule has 0 saturated carbocycles. The largest absolute Gasteiger partial charge is 0.395 e. The molecule has 0 unspecified atom stereocenters. The van der Waals surface area contributed by atoms with E-state index in [2.05, 4.69) is 60.7 Å². The third-order valence-corrected chi connectivity index (χ3v) is 5.75. The van der Waals surface area contributed by atoms with E-state index in [1.165, 1.54) is 12.0 Å². The standard InChI is InChI=1S/C17H28N2OS/c1-13(17(12-20)21-3)18-16-9-10-19(11-16)14(2)15-7-5-4-6-8-15/h4-8,13-14,16-18,20H,9-12H2,1-3H3/t13-,14+,16-,17+/m0/s1. The van der Waals surface area contributed by atoms with Gasteiger partial charge in [-0.1, -0.05) is 30.3 Å². The molecule has 1 heterocycles. The van der Waals surface area contributed by atoms with Gasteiger partial charge in [-0.3, -0.25) is 4.90 Å². The number of benzene rings is 1. The lowest BCUT2D eigenvalue weighted by Gasteiger charge is -2.27. The molecule has 1 aromatic carbocycles. The summed E-state index contributed by atoms with van der Waals surface area (Å²) in [5.41, 5.74) is 1.39. The summed E-state index contributed by atoms with van der Waals surface area (Å²) in [7, 11) is 0. The molecule has 2 rings (SSSR count). The third kappa shape index (κ3) is 4.46. The molecule has 2 N–H and O–H groups in total. The van der Waals surface area contributed by atoms with Crippen molar-refractivity contribution in [2.24, 2.45) is 0 Å². The topological polar surface area (TPSA) is 35.5 Å². The first-order valence-electron chi connectivity index (χ1n) is 7.84. The zero-order valence-electron chi connectivity index (χ0n) is 13.3. The van der Waals surface area contributed by atoms with Crippen molar-refractivity contribution in [1.29, 1.82) is 0 Å². The number of nitrogens with one attached hydrogen (secondary N) is 1. The van der Waals surface area contributed by atoms with Crippen molar-refractivity contribution in [2.75, 3.05) is 26.0 Å². The fourth-order valence-corrected chi connectivity index (χ4v) is 3.77. The maximum atomic E-state index is 9.39. The Balaban J connectivity index is 1.86. The lowest BCUT2D eigenvalue weighted by atomic mass is 10.1. The van der Waals surface area contributed by atoms with E-state index in [1.807, 2.05) is 0 Å². The van der Waals surface area contributed by atoms with Crippen molar-refractivity contribution in [3.05, 3.63) is 35.9 Å². The van der Waals surface area contributed by atoms with E-state index in [0.717, 1.165) is 13.1 Å². The quantitative estimate of drug-likeness (QED) is 0.811. The van der Waals surface area contributed by atoms with E-state index in [-0.39, 0.29) is 11.9 Å². The highest BCUT2D eigenvalue weighted by molar-refractivity contribution is 7.99. The van der Waals surface area contributed by atoms with Crippen LogP contribution in [0.5, 0.6) is 0 Å². The number of rotatable bonds is 7. The first-order chi connectivity index (χ1) is 10.2. The Morgan fingerprint density at radius 1 is 1.33 bits per heavy atom. The normalized spacial score (nSPS) is 23.9. The Hall–Kier alpha value is -0.550. The maximum Gasteiger partial charge on any atom is 0.0564 e. The first-order valence-corrected chi connectivity index (χ1v) is 9.13. The average molecular weight is 308 g/mol. The summed E-state index contributed by atoms with van der Waals surface area (Å²) in [6.45, 7) is 6.95. The Morgan fingerprint density at radius 2 is 2.05 bits per heavy atom. The van der Waals surface area contributed by atoms with Gasteiger partial charge in [-0.15, -0.1) is 0 Å². The SMILES string of the molecule is CS[C@H](CO)[C@H](C)N[C@H]1CCN([C@H](C)c2ccccc2)C1. The van der Waals surface area contributed by atoms with Crippen LogP contribution in [0.4, 0.5) is 0 Å². The first kappa shape index (κ1) is 16.8. The second-order valence-corrected chi connectivity index (χ2v) is 7.06. The van der Waals surface area contributed by atoms with Gasteiger partial charge in [0.15, 0.2) is 0 Å². The minimum Gasteiger partial charge on any atom is -0.395 e. The number of thioether (sulfide) groups is 1. The predicted molar refractivity (Wildman–Crippen MR) is 91.8 cm³/mol. The fourth-order valence-electron chi connectivity index (χ4n) is 3.13. The third-order valence-electron chi connectivity index (χ3n) is 4.59. The van der Waals surface area contributed by atoms with Crippen molar-refractivity contribution < 1.29 is 5.11 Å². The molecule has 3 nitrogen and oxygen atoms in total. The number of nitrogens with zero attached hydrogens (tertiary/aromatic N) is 1. The molecule has 1 aromatic rings. The zero-order valence-corrected chi connectivity index (χ0v) is 14.1. The van der Waals surface area contributed by atoms with Gasteiger partial charge in [0.1, 0.15) is 0 Å². The second kappa shape index (κ2) is 8.18. The summed E-state index contributed by atoms with van der Waals surface area (Å²) in [6, 6.07) is 12.1. The lowest BCUT2D eigenvalue weighted by Crippen LogP contribution is -2.44. The molecule has 0 amide bonds. The highest BCUT2D eigenvalue weighted by Crippen LogP contribution is 2.25. The molecule has 4 atom stereocenters. The van der Waals surface area contributed by atoms with Crippen LogP contribution >= 0.6 is 11.8 Å². The molecule has 1 saturated heterocycles. The molecule has 4 heteroatoms. The van der Waals surface area contributed by atoms with Gasteiger partial charge in [0, 0.05) is 36.5 Å². The van der Waals surface area contributed by atoms with Crippen LogP contribution in [-0.4, -0.2) is 53.3 Å². The van der Waals surface area contributed by atoms with Crippen LogP contribution in [0.3, 0.4) is 0 Å². The van der Waals surface area contributed by atoms with Crippen LogP contribution in [0.25, 0.3) is 0 Å². The lowest BCUT2D eigenvalue weighted by molar-refractivity contribution is 0.246. The Bertz CT molecular complexity index is 411. The highest BCUT2D eigenvalue weighted by Gasteiger charge is 2.28. The van der Waals surface area contributed by atoms with Gasteiger partial charge in [0.05, 0.1) is 6.61 Å². The number of hydrogen-bond donors (Lipinski definition) is 2. The molecule has 0 spiro atoms. The van der Waals surface area contributed by atoms with E-state index in [4.69, 9.17) is 0 Å². The van der Waals surface area contributed by atoms with Gasteiger partial charge in [-0.25, -0.2) is 0 Å². The van der Waals surface area contributed by atoms with Crippen LogP contribution in [0.2, 0.25) is 0 Å². The molecule has 1 fully saturated rings. The molecule has 21 heavy (non-hydrogen) atoms. The number of likely N-dealkylation sites (tertiary alicyclic amines) is 1. The highest BCUT2D eigenvalue weighted by atomic mass is 32.2. The van der Waals surface area contributed by atoms with Crippen LogP contribution in [0.15, 0.2) is 30.3 Å². The monoisotopic (exact) mass is 308 g/mol. The average Bonchev–Trinajstić information content (AvgIpc) is 2.97. The second-order valence-electron chi connectivity index (χ2n) is 5.98. The van der Waals surface area contributed by atoms with Gasteiger partial charge >= 0.3 is 0 Å². The van der Waals surface area contributed by atoms with E-state index in [9.17, 15) is 5.11 Å². The van der Waals surface area contributed by atoms with Gasteiger partial charge < -0.3 is 10.4 Å². The summed E-state index contributed by atoms with van der Waals surface area (Å²) >= 11 is 1.74. The smallest absolute Gasteiger partial charge is 0.0564 e. The summed E-state index contributed by atoms with van der Waals surface area (Å²) in [4.78, 5) is 2.55. The minimum absolute atomic E-state index is 0.242. The molecule has 0 bridgehead atoms. The Kier molecular flexibility index (Phi) is 6.55. The minimum atomic E-state index is 0.242. The van der Waals surface area contributed by atoms with Crippen molar-refractivity contribution in [3.63, 3.8) is 0 Å².